The third kappa shape index (κ3) is 3.67. The normalized spacial score (nSPS) is 12.2. The number of aliphatic hydroxyl groups is 1. The standard InChI is InChI=1S/C15H13BrCl2O2/c1-20-11-3-5-13(16)9(6-11)7-15(19)12-4-2-10(17)8-14(12)18/h2-6,8,15,19H,7H2,1H3. The molecule has 2 nitrogen and oxygen atoms in total. The fraction of sp³-hybridized carbons (Fsp3) is 0.200. The second kappa shape index (κ2) is 6.81. The molecule has 0 aliphatic heterocycles. The Hall–Kier alpha value is -0.740. The van der Waals surface area contributed by atoms with Crippen LogP contribution < -0.4 is 4.74 Å². The van der Waals surface area contributed by atoms with Crippen LogP contribution >= 0.6 is 39.1 Å². The number of hydrogen-bond donors (Lipinski definition) is 1. The van der Waals surface area contributed by atoms with Crippen molar-refractivity contribution in [1.29, 1.82) is 0 Å². The molecule has 0 amide bonds. The number of hydrogen-bond acceptors (Lipinski definition) is 2. The summed E-state index contributed by atoms with van der Waals surface area (Å²) in [5, 5.41) is 11.4. The van der Waals surface area contributed by atoms with Crippen LogP contribution in [0.25, 0.3) is 0 Å². The van der Waals surface area contributed by atoms with Gasteiger partial charge in [0.2, 0.25) is 0 Å². The Morgan fingerprint density at radius 3 is 2.60 bits per heavy atom. The summed E-state index contributed by atoms with van der Waals surface area (Å²) in [5.41, 5.74) is 1.61. The Balaban J connectivity index is 2.25. The van der Waals surface area contributed by atoms with Crippen LogP contribution in [0.2, 0.25) is 10.0 Å². The van der Waals surface area contributed by atoms with Crippen molar-refractivity contribution in [3.8, 4) is 5.75 Å². The fourth-order valence-corrected chi connectivity index (χ4v) is 2.87. The van der Waals surface area contributed by atoms with Crippen molar-refractivity contribution >= 4 is 39.1 Å². The maximum Gasteiger partial charge on any atom is 0.119 e. The molecule has 20 heavy (non-hydrogen) atoms. The van der Waals surface area contributed by atoms with E-state index in [1.165, 1.54) is 0 Å². The van der Waals surface area contributed by atoms with Gasteiger partial charge in [0.05, 0.1) is 13.2 Å². The SMILES string of the molecule is COc1ccc(Br)c(CC(O)c2ccc(Cl)cc2Cl)c1. The van der Waals surface area contributed by atoms with E-state index < -0.39 is 6.10 Å². The Labute approximate surface area is 136 Å². The van der Waals surface area contributed by atoms with Gasteiger partial charge in [0.25, 0.3) is 0 Å². The van der Waals surface area contributed by atoms with Crippen LogP contribution in [0.3, 0.4) is 0 Å². The van der Waals surface area contributed by atoms with Gasteiger partial charge in [-0.15, -0.1) is 0 Å². The molecule has 0 fully saturated rings. The highest BCUT2D eigenvalue weighted by Crippen LogP contribution is 2.31. The molecule has 1 atom stereocenters. The van der Waals surface area contributed by atoms with Crippen LogP contribution in [0.5, 0.6) is 5.75 Å². The lowest BCUT2D eigenvalue weighted by Crippen LogP contribution is -2.03. The molecule has 0 bridgehead atoms. The van der Waals surface area contributed by atoms with E-state index in [9.17, 15) is 5.11 Å². The van der Waals surface area contributed by atoms with Gasteiger partial charge < -0.3 is 9.84 Å². The first kappa shape index (κ1) is 15.6. The number of aliphatic hydroxyl groups excluding tert-OH is 1. The van der Waals surface area contributed by atoms with Crippen LogP contribution in [-0.4, -0.2) is 12.2 Å². The van der Waals surface area contributed by atoms with E-state index in [1.54, 1.807) is 25.3 Å². The molecule has 0 saturated heterocycles. The van der Waals surface area contributed by atoms with Crippen molar-refractivity contribution in [3.05, 3.63) is 62.0 Å². The van der Waals surface area contributed by atoms with Crippen LogP contribution in [0, 0.1) is 0 Å². The van der Waals surface area contributed by atoms with E-state index in [-0.39, 0.29) is 0 Å². The number of benzene rings is 2. The summed E-state index contributed by atoms with van der Waals surface area (Å²) in [4.78, 5) is 0. The second-order valence-electron chi connectivity index (χ2n) is 4.34. The fourth-order valence-electron chi connectivity index (χ4n) is 1.92. The zero-order valence-corrected chi connectivity index (χ0v) is 13.8. The minimum atomic E-state index is -0.705. The highest BCUT2D eigenvalue weighted by molar-refractivity contribution is 9.10. The molecule has 1 unspecified atom stereocenters. The summed E-state index contributed by atoms with van der Waals surface area (Å²) in [6.45, 7) is 0. The van der Waals surface area contributed by atoms with Crippen molar-refractivity contribution in [2.75, 3.05) is 7.11 Å². The molecule has 0 saturated carbocycles. The first-order valence-corrected chi connectivity index (χ1v) is 7.51. The van der Waals surface area contributed by atoms with Crippen molar-refractivity contribution in [1.82, 2.24) is 0 Å². The largest absolute Gasteiger partial charge is 0.497 e. The Kier molecular flexibility index (Phi) is 5.33. The van der Waals surface area contributed by atoms with Crippen molar-refractivity contribution in [2.24, 2.45) is 0 Å². The molecule has 0 spiro atoms. The summed E-state index contributed by atoms with van der Waals surface area (Å²) in [7, 11) is 1.61. The van der Waals surface area contributed by atoms with E-state index in [0.29, 0.717) is 22.0 Å². The highest BCUT2D eigenvalue weighted by atomic mass is 79.9. The van der Waals surface area contributed by atoms with E-state index >= 15 is 0 Å². The summed E-state index contributed by atoms with van der Waals surface area (Å²) < 4.78 is 6.11. The molecule has 0 heterocycles. The van der Waals surface area contributed by atoms with Crippen molar-refractivity contribution in [3.63, 3.8) is 0 Å². The summed E-state index contributed by atoms with van der Waals surface area (Å²) >= 11 is 15.4. The first-order valence-electron chi connectivity index (χ1n) is 5.96. The molecule has 2 rings (SSSR count). The van der Waals surface area contributed by atoms with Gasteiger partial charge in [-0.05, 0) is 41.5 Å². The van der Waals surface area contributed by atoms with Gasteiger partial charge in [0.15, 0.2) is 0 Å². The molecule has 0 aliphatic carbocycles. The third-order valence-corrected chi connectivity index (χ3v) is 4.32. The van der Waals surface area contributed by atoms with E-state index in [0.717, 1.165) is 15.8 Å². The number of rotatable bonds is 4. The van der Waals surface area contributed by atoms with Crippen LogP contribution in [0.15, 0.2) is 40.9 Å². The monoisotopic (exact) mass is 374 g/mol. The molecular formula is C15H13BrCl2O2. The molecule has 2 aromatic rings. The van der Waals surface area contributed by atoms with Crippen molar-refractivity contribution < 1.29 is 9.84 Å². The predicted octanol–water partition coefficient (Wildman–Crippen LogP) is 5.04. The van der Waals surface area contributed by atoms with Crippen LogP contribution in [0.4, 0.5) is 0 Å². The average Bonchev–Trinajstić information content (AvgIpc) is 2.41. The number of ether oxygens (including phenoxy) is 1. The lowest BCUT2D eigenvalue weighted by atomic mass is 10.0. The molecular weight excluding hydrogens is 363 g/mol. The van der Waals surface area contributed by atoms with Gasteiger partial charge in [-0.3, -0.25) is 0 Å². The molecule has 0 radical (unpaired) electrons. The smallest absolute Gasteiger partial charge is 0.119 e. The summed E-state index contributed by atoms with van der Waals surface area (Å²) in [6, 6.07) is 10.7. The zero-order chi connectivity index (χ0) is 14.7. The third-order valence-electron chi connectivity index (χ3n) is 2.99. The van der Waals surface area contributed by atoms with Gasteiger partial charge in [0.1, 0.15) is 5.75 Å². The van der Waals surface area contributed by atoms with E-state index in [4.69, 9.17) is 27.9 Å². The first-order chi connectivity index (χ1) is 9.51. The molecule has 0 aromatic heterocycles. The van der Waals surface area contributed by atoms with Crippen molar-refractivity contribution in [2.45, 2.75) is 12.5 Å². The quantitative estimate of drug-likeness (QED) is 0.810. The molecule has 1 N–H and O–H groups in total. The Morgan fingerprint density at radius 1 is 1.20 bits per heavy atom. The van der Waals surface area contributed by atoms with Gasteiger partial charge in [-0.25, -0.2) is 0 Å². The predicted molar refractivity (Wildman–Crippen MR) is 85.8 cm³/mol. The minimum absolute atomic E-state index is 0.430. The maximum absolute atomic E-state index is 10.3. The Bertz CT molecular complexity index is 617. The van der Waals surface area contributed by atoms with Gasteiger partial charge in [-0.2, -0.15) is 0 Å². The van der Waals surface area contributed by atoms with Crippen LogP contribution in [0.1, 0.15) is 17.2 Å². The Morgan fingerprint density at radius 2 is 1.95 bits per heavy atom. The minimum Gasteiger partial charge on any atom is -0.497 e. The summed E-state index contributed by atoms with van der Waals surface area (Å²) in [5.74, 6) is 0.748. The van der Waals surface area contributed by atoms with Gasteiger partial charge in [-0.1, -0.05) is 45.2 Å². The number of methoxy groups -OCH3 is 1. The molecule has 2 aromatic carbocycles. The zero-order valence-electron chi connectivity index (χ0n) is 10.7. The number of halogens is 3. The molecule has 0 aliphatic rings. The topological polar surface area (TPSA) is 29.5 Å². The average molecular weight is 376 g/mol. The molecule has 106 valence electrons. The maximum atomic E-state index is 10.3. The molecule has 5 heteroatoms. The second-order valence-corrected chi connectivity index (χ2v) is 6.04. The van der Waals surface area contributed by atoms with E-state index in [1.807, 2.05) is 18.2 Å². The lowest BCUT2D eigenvalue weighted by molar-refractivity contribution is 0.178. The lowest BCUT2D eigenvalue weighted by Gasteiger charge is -2.15. The van der Waals surface area contributed by atoms with Gasteiger partial charge >= 0.3 is 0 Å². The summed E-state index contributed by atoms with van der Waals surface area (Å²) in [6.07, 6.45) is -0.276. The highest BCUT2D eigenvalue weighted by Gasteiger charge is 2.14. The van der Waals surface area contributed by atoms with E-state index in [2.05, 4.69) is 15.9 Å². The van der Waals surface area contributed by atoms with Gasteiger partial charge in [0, 0.05) is 20.9 Å². The van der Waals surface area contributed by atoms with Crippen LogP contribution in [-0.2, 0) is 6.42 Å².